The third-order valence-electron chi connectivity index (χ3n) is 2.56. The zero-order valence-electron chi connectivity index (χ0n) is 9.86. The average Bonchev–Trinajstić information content (AvgIpc) is 2.39. The van der Waals surface area contributed by atoms with Crippen LogP contribution in [0.4, 0.5) is 4.39 Å². The summed E-state index contributed by atoms with van der Waals surface area (Å²) < 4.78 is 13.9. The number of benzene rings is 2. The lowest BCUT2D eigenvalue weighted by Crippen LogP contribution is -2.23. The molecule has 0 aliphatic heterocycles. The summed E-state index contributed by atoms with van der Waals surface area (Å²) in [7, 11) is 0. The summed E-state index contributed by atoms with van der Waals surface area (Å²) >= 11 is 3.03. The van der Waals surface area contributed by atoms with Crippen LogP contribution in [0.5, 0.6) is 5.75 Å². The molecule has 0 radical (unpaired) electrons. The van der Waals surface area contributed by atoms with Crippen LogP contribution in [0.1, 0.15) is 15.9 Å². The summed E-state index contributed by atoms with van der Waals surface area (Å²) in [4.78, 5) is 11.8. The first kappa shape index (κ1) is 13.5. The van der Waals surface area contributed by atoms with Crippen molar-refractivity contribution in [2.24, 2.45) is 0 Å². The number of hydrogen-bond donors (Lipinski definition) is 2. The van der Waals surface area contributed by atoms with Gasteiger partial charge in [-0.1, -0.05) is 18.2 Å². The Hall–Kier alpha value is -1.88. The van der Waals surface area contributed by atoms with Crippen LogP contribution in [-0.2, 0) is 6.54 Å². The molecule has 0 spiro atoms. The molecule has 0 bridgehead atoms. The second kappa shape index (κ2) is 5.84. The summed E-state index contributed by atoms with van der Waals surface area (Å²) in [5, 5.41) is 11.9. The molecule has 0 heterocycles. The first-order valence-electron chi connectivity index (χ1n) is 5.58. The van der Waals surface area contributed by atoms with E-state index in [9.17, 15) is 14.3 Å². The minimum absolute atomic E-state index is 0.0190. The molecule has 0 saturated carbocycles. The first-order valence-corrected chi connectivity index (χ1v) is 6.37. The molecule has 5 heteroatoms. The van der Waals surface area contributed by atoms with E-state index in [-0.39, 0.29) is 22.3 Å². The van der Waals surface area contributed by atoms with Gasteiger partial charge < -0.3 is 10.4 Å². The Labute approximate surface area is 118 Å². The van der Waals surface area contributed by atoms with Crippen molar-refractivity contribution in [1.82, 2.24) is 5.32 Å². The van der Waals surface area contributed by atoms with Gasteiger partial charge in [-0.05, 0) is 45.8 Å². The molecule has 2 rings (SSSR count). The van der Waals surface area contributed by atoms with Crippen LogP contribution in [0.2, 0.25) is 0 Å². The summed E-state index contributed by atoms with van der Waals surface area (Å²) in [6, 6.07) is 11.1. The van der Waals surface area contributed by atoms with Gasteiger partial charge >= 0.3 is 0 Å². The Kier molecular flexibility index (Phi) is 4.16. The molecule has 0 aliphatic rings. The Bertz CT molecular complexity index is 616. The molecule has 0 saturated heterocycles. The molecule has 3 nitrogen and oxygen atoms in total. The van der Waals surface area contributed by atoms with E-state index >= 15 is 0 Å². The standard InChI is InChI=1S/C14H11BrFNO2/c15-12-6-2-5-11(13(12)16)14(19)17-8-9-3-1-4-10(18)7-9/h1-7,18H,8H2,(H,17,19). The Balaban J connectivity index is 2.08. The van der Waals surface area contributed by atoms with Crippen molar-refractivity contribution >= 4 is 21.8 Å². The van der Waals surface area contributed by atoms with E-state index in [2.05, 4.69) is 21.2 Å². The molecule has 0 fully saturated rings. The fraction of sp³-hybridized carbons (Fsp3) is 0.0714. The number of hydrogen-bond acceptors (Lipinski definition) is 2. The maximum atomic E-state index is 13.7. The topological polar surface area (TPSA) is 49.3 Å². The highest BCUT2D eigenvalue weighted by atomic mass is 79.9. The molecular formula is C14H11BrFNO2. The number of rotatable bonds is 3. The lowest BCUT2D eigenvalue weighted by atomic mass is 10.2. The highest BCUT2D eigenvalue weighted by molar-refractivity contribution is 9.10. The number of phenols is 1. The lowest BCUT2D eigenvalue weighted by Gasteiger charge is -2.07. The van der Waals surface area contributed by atoms with Gasteiger partial charge in [-0.15, -0.1) is 0 Å². The molecule has 0 unspecified atom stereocenters. The second-order valence-corrected chi connectivity index (χ2v) is 4.81. The number of nitrogens with one attached hydrogen (secondary N) is 1. The quantitative estimate of drug-likeness (QED) is 0.911. The van der Waals surface area contributed by atoms with Gasteiger partial charge in [-0.25, -0.2) is 4.39 Å². The number of halogens is 2. The van der Waals surface area contributed by atoms with Crippen molar-refractivity contribution in [3.8, 4) is 5.75 Å². The molecule has 1 amide bonds. The van der Waals surface area contributed by atoms with Crippen LogP contribution in [0.3, 0.4) is 0 Å². The number of carbonyl (C=O) groups excluding carboxylic acids is 1. The maximum absolute atomic E-state index is 13.7. The van der Waals surface area contributed by atoms with E-state index in [1.54, 1.807) is 24.3 Å². The van der Waals surface area contributed by atoms with Crippen molar-refractivity contribution in [2.45, 2.75) is 6.54 Å². The van der Waals surface area contributed by atoms with Crippen LogP contribution >= 0.6 is 15.9 Å². The fourth-order valence-electron chi connectivity index (χ4n) is 1.62. The van der Waals surface area contributed by atoms with Gasteiger partial charge in [0.05, 0.1) is 10.0 Å². The van der Waals surface area contributed by atoms with E-state index in [0.717, 1.165) is 5.56 Å². The average molecular weight is 324 g/mol. The van der Waals surface area contributed by atoms with Crippen LogP contribution in [0, 0.1) is 5.82 Å². The fourth-order valence-corrected chi connectivity index (χ4v) is 1.99. The summed E-state index contributed by atoms with van der Waals surface area (Å²) in [5.74, 6) is -0.960. The first-order chi connectivity index (χ1) is 9.08. The molecule has 98 valence electrons. The van der Waals surface area contributed by atoms with Crippen LogP contribution in [-0.4, -0.2) is 11.0 Å². The van der Waals surface area contributed by atoms with Crippen molar-refractivity contribution in [3.05, 3.63) is 63.9 Å². The van der Waals surface area contributed by atoms with E-state index in [0.29, 0.717) is 0 Å². The predicted octanol–water partition coefficient (Wildman–Crippen LogP) is 3.22. The second-order valence-electron chi connectivity index (χ2n) is 3.95. The molecule has 19 heavy (non-hydrogen) atoms. The zero-order valence-corrected chi connectivity index (χ0v) is 11.4. The van der Waals surface area contributed by atoms with Crippen LogP contribution in [0.25, 0.3) is 0 Å². The number of aromatic hydroxyl groups is 1. The van der Waals surface area contributed by atoms with Gasteiger partial charge in [0.25, 0.3) is 5.91 Å². The van der Waals surface area contributed by atoms with E-state index in [1.165, 1.54) is 18.2 Å². The van der Waals surface area contributed by atoms with Crippen molar-refractivity contribution in [2.75, 3.05) is 0 Å². The van der Waals surface area contributed by atoms with Gasteiger partial charge in [-0.3, -0.25) is 4.79 Å². The molecular weight excluding hydrogens is 313 g/mol. The van der Waals surface area contributed by atoms with E-state index < -0.39 is 11.7 Å². The normalized spacial score (nSPS) is 10.2. The number of carbonyl (C=O) groups is 1. The van der Waals surface area contributed by atoms with E-state index in [4.69, 9.17) is 0 Å². The third-order valence-corrected chi connectivity index (χ3v) is 3.17. The summed E-state index contributed by atoms with van der Waals surface area (Å²) in [5.41, 5.74) is 0.721. The smallest absolute Gasteiger partial charge is 0.254 e. The summed E-state index contributed by atoms with van der Waals surface area (Å²) in [6.45, 7) is 0.221. The molecule has 0 atom stereocenters. The Morgan fingerprint density at radius 1 is 1.26 bits per heavy atom. The largest absolute Gasteiger partial charge is 0.508 e. The monoisotopic (exact) mass is 323 g/mol. The zero-order chi connectivity index (χ0) is 13.8. The van der Waals surface area contributed by atoms with Gasteiger partial charge in [0.2, 0.25) is 0 Å². The molecule has 0 aromatic heterocycles. The lowest BCUT2D eigenvalue weighted by molar-refractivity contribution is 0.0946. The number of phenolic OH excluding ortho intramolecular Hbond substituents is 1. The van der Waals surface area contributed by atoms with Crippen molar-refractivity contribution in [1.29, 1.82) is 0 Å². The van der Waals surface area contributed by atoms with E-state index in [1.807, 2.05) is 0 Å². The highest BCUT2D eigenvalue weighted by Crippen LogP contribution is 2.18. The van der Waals surface area contributed by atoms with Crippen LogP contribution in [0.15, 0.2) is 46.9 Å². The molecule has 0 aliphatic carbocycles. The third kappa shape index (κ3) is 3.32. The summed E-state index contributed by atoms with van der Waals surface area (Å²) in [6.07, 6.45) is 0. The van der Waals surface area contributed by atoms with Crippen LogP contribution < -0.4 is 5.32 Å². The minimum Gasteiger partial charge on any atom is -0.508 e. The van der Waals surface area contributed by atoms with Crippen molar-refractivity contribution in [3.63, 3.8) is 0 Å². The number of amides is 1. The van der Waals surface area contributed by atoms with Gasteiger partial charge in [-0.2, -0.15) is 0 Å². The highest BCUT2D eigenvalue weighted by Gasteiger charge is 2.13. The van der Waals surface area contributed by atoms with Gasteiger partial charge in [0.1, 0.15) is 11.6 Å². The SMILES string of the molecule is O=C(NCc1cccc(O)c1)c1cccc(Br)c1F. The predicted molar refractivity (Wildman–Crippen MR) is 73.4 cm³/mol. The van der Waals surface area contributed by atoms with Crippen molar-refractivity contribution < 1.29 is 14.3 Å². The molecule has 2 aromatic carbocycles. The Morgan fingerprint density at radius 3 is 2.74 bits per heavy atom. The molecule has 2 aromatic rings. The van der Waals surface area contributed by atoms with Gasteiger partial charge in [0, 0.05) is 6.54 Å². The van der Waals surface area contributed by atoms with Gasteiger partial charge in [0.15, 0.2) is 0 Å². The maximum Gasteiger partial charge on any atom is 0.254 e. The molecule has 2 N–H and O–H groups in total. The Morgan fingerprint density at radius 2 is 2.00 bits per heavy atom. The minimum atomic E-state index is -0.587.